The molecule has 0 spiro atoms. The van der Waals surface area contributed by atoms with Crippen molar-refractivity contribution in [2.75, 3.05) is 13.2 Å². The van der Waals surface area contributed by atoms with Crippen LogP contribution in [0.3, 0.4) is 0 Å². The van der Waals surface area contributed by atoms with E-state index < -0.39 is 6.04 Å². The van der Waals surface area contributed by atoms with Gasteiger partial charge in [-0.1, -0.05) is 25.0 Å². The van der Waals surface area contributed by atoms with E-state index in [4.69, 9.17) is 4.74 Å². The Hall–Kier alpha value is -2.25. The first-order valence-electron chi connectivity index (χ1n) is 11.7. The number of carbonyl (C=O) groups is 3. The van der Waals surface area contributed by atoms with Crippen molar-refractivity contribution in [3.05, 3.63) is 34.9 Å². The smallest absolute Gasteiger partial charge is 0.255 e. The second-order valence-electron chi connectivity index (χ2n) is 9.47. The highest BCUT2D eigenvalue weighted by Crippen LogP contribution is 2.32. The molecule has 1 saturated carbocycles. The summed E-state index contributed by atoms with van der Waals surface area (Å²) < 4.78 is 5.54. The molecule has 3 fully saturated rings. The van der Waals surface area contributed by atoms with Crippen molar-refractivity contribution < 1.29 is 19.1 Å². The molecular weight excluding hydrogens is 394 g/mol. The van der Waals surface area contributed by atoms with Crippen LogP contribution in [0.25, 0.3) is 0 Å². The number of hydrogen-bond acceptors (Lipinski definition) is 5. The molecule has 7 nitrogen and oxygen atoms in total. The Labute approximate surface area is 182 Å². The zero-order valence-electron chi connectivity index (χ0n) is 17.9. The van der Waals surface area contributed by atoms with E-state index in [0.717, 1.165) is 31.6 Å². The highest BCUT2D eigenvalue weighted by molar-refractivity contribution is 6.05. The Morgan fingerprint density at radius 3 is 2.77 bits per heavy atom. The average Bonchev–Trinajstić information content (AvgIpc) is 3.37. The number of ether oxygens (including phenoxy) is 1. The molecule has 2 saturated heterocycles. The van der Waals surface area contributed by atoms with Crippen LogP contribution in [0.4, 0.5) is 0 Å². The number of nitrogens with one attached hydrogen (secondary N) is 2. The molecular formula is C24H31N3O4. The van der Waals surface area contributed by atoms with E-state index in [1.165, 1.54) is 31.2 Å². The van der Waals surface area contributed by atoms with Crippen LogP contribution in [-0.2, 0) is 27.3 Å². The summed E-state index contributed by atoms with van der Waals surface area (Å²) in [6.45, 7) is 2.12. The first kappa shape index (κ1) is 20.6. The summed E-state index contributed by atoms with van der Waals surface area (Å²) in [4.78, 5) is 38.2. The van der Waals surface area contributed by atoms with Gasteiger partial charge in [-0.2, -0.15) is 0 Å². The number of nitrogens with zero attached hydrogens (tertiary/aromatic N) is 1. The van der Waals surface area contributed by atoms with Gasteiger partial charge in [0.2, 0.25) is 11.8 Å². The molecule has 4 aliphatic rings. The predicted octanol–water partition coefficient (Wildman–Crippen LogP) is 1.93. The van der Waals surface area contributed by atoms with Crippen molar-refractivity contribution in [2.24, 2.45) is 5.92 Å². The van der Waals surface area contributed by atoms with Gasteiger partial charge in [0.05, 0.1) is 6.61 Å². The second kappa shape index (κ2) is 8.71. The van der Waals surface area contributed by atoms with E-state index >= 15 is 0 Å². The Morgan fingerprint density at radius 2 is 1.97 bits per heavy atom. The van der Waals surface area contributed by atoms with E-state index in [-0.39, 0.29) is 24.1 Å². The third-order valence-electron chi connectivity index (χ3n) is 7.37. The van der Waals surface area contributed by atoms with Crippen LogP contribution in [0.15, 0.2) is 18.2 Å². The first-order valence-corrected chi connectivity index (χ1v) is 11.7. The van der Waals surface area contributed by atoms with E-state index in [9.17, 15) is 14.4 Å². The minimum atomic E-state index is -0.554. The van der Waals surface area contributed by atoms with Crippen molar-refractivity contribution in [1.82, 2.24) is 15.5 Å². The summed E-state index contributed by atoms with van der Waals surface area (Å²) >= 11 is 0. The molecule has 1 aliphatic carbocycles. The van der Waals surface area contributed by atoms with Crippen molar-refractivity contribution in [3.8, 4) is 0 Å². The Balaban J connectivity index is 1.27. The zero-order valence-corrected chi connectivity index (χ0v) is 17.9. The number of benzene rings is 1. The summed E-state index contributed by atoms with van der Waals surface area (Å²) in [5.74, 6) is -0.123. The Bertz CT molecular complexity index is 880. The normalized spacial score (nSPS) is 31.1. The van der Waals surface area contributed by atoms with Gasteiger partial charge < -0.3 is 15.0 Å². The number of carbonyl (C=O) groups excluding carboxylic acids is 3. The second-order valence-corrected chi connectivity index (χ2v) is 9.47. The number of piperidine rings is 1. The van der Waals surface area contributed by atoms with Crippen LogP contribution in [0.2, 0.25) is 0 Å². The lowest BCUT2D eigenvalue weighted by Gasteiger charge is -2.34. The maximum atomic E-state index is 12.9. The van der Waals surface area contributed by atoms with Gasteiger partial charge in [-0.15, -0.1) is 0 Å². The van der Waals surface area contributed by atoms with Crippen LogP contribution in [0, 0.1) is 5.92 Å². The Kier molecular flexibility index (Phi) is 5.80. The van der Waals surface area contributed by atoms with Crippen molar-refractivity contribution in [2.45, 2.75) is 76.0 Å². The molecule has 4 atom stereocenters. The molecule has 5 rings (SSSR count). The third-order valence-corrected chi connectivity index (χ3v) is 7.37. The fraction of sp³-hybridized carbons (Fsp3) is 0.625. The molecule has 0 aromatic heterocycles. The van der Waals surface area contributed by atoms with E-state index in [0.29, 0.717) is 36.5 Å². The lowest BCUT2D eigenvalue weighted by atomic mass is 9.80. The van der Waals surface area contributed by atoms with Crippen LogP contribution < -0.4 is 10.6 Å². The first-order chi connectivity index (χ1) is 15.1. The molecule has 31 heavy (non-hydrogen) atoms. The molecule has 3 heterocycles. The SMILES string of the molecule is O=C1CCC(N2Cc3cc(C[C@H]4CCCC[C@@H]4NC4CCOC4)ccc3C2=O)C(=O)N1. The molecule has 2 N–H and O–H groups in total. The molecule has 1 aromatic rings. The summed E-state index contributed by atoms with van der Waals surface area (Å²) in [7, 11) is 0. The number of hydrogen-bond donors (Lipinski definition) is 2. The minimum Gasteiger partial charge on any atom is -0.380 e. The predicted molar refractivity (Wildman–Crippen MR) is 114 cm³/mol. The van der Waals surface area contributed by atoms with Crippen LogP contribution in [0.1, 0.15) is 66.4 Å². The maximum absolute atomic E-state index is 12.9. The number of imide groups is 1. The number of rotatable bonds is 5. The minimum absolute atomic E-state index is 0.102. The van der Waals surface area contributed by atoms with Crippen molar-refractivity contribution in [3.63, 3.8) is 0 Å². The van der Waals surface area contributed by atoms with Crippen LogP contribution in [-0.4, -0.2) is 54.0 Å². The fourth-order valence-electron chi connectivity index (χ4n) is 5.70. The van der Waals surface area contributed by atoms with Gasteiger partial charge >= 0.3 is 0 Å². The molecule has 0 radical (unpaired) electrons. The third kappa shape index (κ3) is 4.26. The largest absolute Gasteiger partial charge is 0.380 e. The van der Waals surface area contributed by atoms with Crippen LogP contribution >= 0.6 is 0 Å². The lowest BCUT2D eigenvalue weighted by molar-refractivity contribution is -0.136. The van der Waals surface area contributed by atoms with Crippen molar-refractivity contribution >= 4 is 17.7 Å². The molecule has 7 heteroatoms. The number of fused-ring (bicyclic) bond motifs is 1. The highest BCUT2D eigenvalue weighted by Gasteiger charge is 2.39. The monoisotopic (exact) mass is 425 g/mol. The van der Waals surface area contributed by atoms with Gasteiger partial charge in [-0.25, -0.2) is 0 Å². The molecule has 1 aromatic carbocycles. The van der Waals surface area contributed by atoms with Crippen LogP contribution in [0.5, 0.6) is 0 Å². The number of amides is 3. The topological polar surface area (TPSA) is 87.7 Å². The molecule has 2 unspecified atom stereocenters. The standard InChI is InChI=1S/C24H31N3O4/c28-22-8-7-21(23(29)26-22)27-13-17-12-15(5-6-19(17)24(27)30)11-16-3-1-2-4-20(16)25-18-9-10-31-14-18/h5-6,12,16,18,20-21,25H,1-4,7-11,13-14H2,(H,26,28,29)/t16-,18?,20+,21?/m1/s1. The molecule has 0 bridgehead atoms. The highest BCUT2D eigenvalue weighted by atomic mass is 16.5. The summed E-state index contributed by atoms with van der Waals surface area (Å²) in [5, 5.41) is 6.21. The fourth-order valence-corrected chi connectivity index (χ4v) is 5.70. The molecule has 3 aliphatic heterocycles. The quantitative estimate of drug-likeness (QED) is 0.704. The van der Waals surface area contributed by atoms with Crippen molar-refractivity contribution in [1.29, 1.82) is 0 Å². The summed E-state index contributed by atoms with van der Waals surface area (Å²) in [6.07, 6.45) is 7.78. The summed E-state index contributed by atoms with van der Waals surface area (Å²) in [5.41, 5.74) is 2.95. The maximum Gasteiger partial charge on any atom is 0.255 e. The van der Waals surface area contributed by atoms with Gasteiger partial charge in [0.25, 0.3) is 5.91 Å². The van der Waals surface area contributed by atoms with E-state index in [1.54, 1.807) is 4.90 Å². The molecule has 3 amide bonds. The Morgan fingerprint density at radius 1 is 1.10 bits per heavy atom. The zero-order chi connectivity index (χ0) is 21.4. The molecule has 166 valence electrons. The lowest BCUT2D eigenvalue weighted by Crippen LogP contribution is -2.52. The van der Waals surface area contributed by atoms with Gasteiger partial charge in [0, 0.05) is 37.2 Å². The van der Waals surface area contributed by atoms with Gasteiger partial charge in [-0.05, 0) is 55.2 Å². The van der Waals surface area contributed by atoms with Gasteiger partial charge in [-0.3, -0.25) is 19.7 Å². The van der Waals surface area contributed by atoms with Gasteiger partial charge in [0.15, 0.2) is 0 Å². The van der Waals surface area contributed by atoms with E-state index in [2.05, 4.69) is 22.8 Å². The average molecular weight is 426 g/mol. The van der Waals surface area contributed by atoms with Gasteiger partial charge in [0.1, 0.15) is 6.04 Å². The summed E-state index contributed by atoms with van der Waals surface area (Å²) in [6, 6.07) is 6.61. The van der Waals surface area contributed by atoms with E-state index in [1.807, 2.05) is 6.07 Å².